The summed E-state index contributed by atoms with van der Waals surface area (Å²) in [6, 6.07) is 7.89. The van der Waals surface area contributed by atoms with E-state index in [1.807, 2.05) is 0 Å². The predicted octanol–water partition coefficient (Wildman–Crippen LogP) is 3.48. The molecular weight excluding hydrogens is 290 g/mol. The van der Waals surface area contributed by atoms with Crippen LogP contribution in [0.3, 0.4) is 0 Å². The van der Waals surface area contributed by atoms with Gasteiger partial charge in [-0.25, -0.2) is 4.39 Å². The molecule has 0 aliphatic rings. The topological polar surface area (TPSA) is 55.5 Å². The van der Waals surface area contributed by atoms with Gasteiger partial charge in [0.05, 0.1) is 6.04 Å². The zero-order chi connectivity index (χ0) is 15.6. The Labute approximate surface area is 117 Å². The van der Waals surface area contributed by atoms with Gasteiger partial charge in [0.1, 0.15) is 5.75 Å². The van der Waals surface area contributed by atoms with Crippen LogP contribution in [0.4, 0.5) is 17.6 Å². The SMILES string of the molecule is N[C@H](c1ccc(OC(F)(F)F)cc1)c1ccc(O)c(F)c1. The van der Waals surface area contributed by atoms with Crippen molar-refractivity contribution < 1.29 is 27.4 Å². The van der Waals surface area contributed by atoms with Crippen molar-refractivity contribution in [3.8, 4) is 11.5 Å². The van der Waals surface area contributed by atoms with E-state index in [0.717, 1.165) is 24.3 Å². The van der Waals surface area contributed by atoms with E-state index < -0.39 is 24.0 Å². The van der Waals surface area contributed by atoms with Gasteiger partial charge >= 0.3 is 6.36 Å². The lowest BCUT2D eigenvalue weighted by Crippen LogP contribution is -2.17. The van der Waals surface area contributed by atoms with Crippen molar-refractivity contribution in [2.45, 2.75) is 12.4 Å². The molecule has 0 aromatic heterocycles. The van der Waals surface area contributed by atoms with E-state index >= 15 is 0 Å². The summed E-state index contributed by atoms with van der Waals surface area (Å²) in [5, 5.41) is 9.10. The molecular formula is C14H11F4NO2. The third kappa shape index (κ3) is 3.85. The van der Waals surface area contributed by atoms with Gasteiger partial charge in [0.25, 0.3) is 0 Å². The average Bonchev–Trinajstić information content (AvgIpc) is 2.40. The highest BCUT2D eigenvalue weighted by molar-refractivity contribution is 5.37. The Morgan fingerprint density at radius 3 is 2.10 bits per heavy atom. The average molecular weight is 301 g/mol. The number of alkyl halides is 3. The van der Waals surface area contributed by atoms with Gasteiger partial charge in [-0.3, -0.25) is 0 Å². The maximum atomic E-state index is 13.3. The van der Waals surface area contributed by atoms with Crippen LogP contribution in [-0.2, 0) is 0 Å². The molecule has 0 radical (unpaired) electrons. The van der Waals surface area contributed by atoms with Crippen LogP contribution in [0.25, 0.3) is 0 Å². The highest BCUT2D eigenvalue weighted by Crippen LogP contribution is 2.27. The van der Waals surface area contributed by atoms with Crippen LogP contribution in [-0.4, -0.2) is 11.5 Å². The van der Waals surface area contributed by atoms with Crippen LogP contribution in [0.5, 0.6) is 11.5 Å². The highest BCUT2D eigenvalue weighted by Gasteiger charge is 2.31. The molecule has 3 N–H and O–H groups in total. The minimum absolute atomic E-state index is 0.365. The number of halogens is 4. The second-order valence-corrected chi connectivity index (χ2v) is 4.31. The van der Waals surface area contributed by atoms with Gasteiger partial charge in [0.2, 0.25) is 0 Å². The Kier molecular flexibility index (Phi) is 4.04. The van der Waals surface area contributed by atoms with E-state index in [2.05, 4.69) is 4.74 Å². The third-order valence-electron chi connectivity index (χ3n) is 2.80. The molecule has 0 bridgehead atoms. The molecule has 0 fully saturated rings. The first-order valence-electron chi connectivity index (χ1n) is 5.86. The summed E-state index contributed by atoms with van der Waals surface area (Å²) >= 11 is 0. The first-order valence-corrected chi connectivity index (χ1v) is 5.86. The van der Waals surface area contributed by atoms with Gasteiger partial charge in [-0.1, -0.05) is 18.2 Å². The second-order valence-electron chi connectivity index (χ2n) is 4.31. The van der Waals surface area contributed by atoms with E-state index in [-0.39, 0.29) is 5.75 Å². The lowest BCUT2D eigenvalue weighted by atomic mass is 9.99. The highest BCUT2D eigenvalue weighted by atomic mass is 19.4. The Morgan fingerprint density at radius 1 is 1.00 bits per heavy atom. The summed E-state index contributed by atoms with van der Waals surface area (Å²) in [4.78, 5) is 0. The number of nitrogens with two attached hydrogens (primary N) is 1. The van der Waals surface area contributed by atoms with Crippen molar-refractivity contribution >= 4 is 0 Å². The maximum Gasteiger partial charge on any atom is 0.573 e. The number of benzene rings is 2. The first kappa shape index (κ1) is 15.1. The number of hydrogen-bond acceptors (Lipinski definition) is 3. The molecule has 0 saturated heterocycles. The smallest absolute Gasteiger partial charge is 0.505 e. The van der Waals surface area contributed by atoms with Gasteiger partial charge < -0.3 is 15.6 Å². The Bertz CT molecular complexity index is 626. The summed E-state index contributed by atoms with van der Waals surface area (Å²) in [5.41, 5.74) is 6.77. The largest absolute Gasteiger partial charge is 0.573 e. The number of phenolic OH excluding ortho intramolecular Hbond substituents is 1. The lowest BCUT2D eigenvalue weighted by Gasteiger charge is -2.14. The van der Waals surface area contributed by atoms with E-state index in [0.29, 0.717) is 11.1 Å². The molecule has 1 atom stereocenters. The standard InChI is InChI=1S/C14H11F4NO2/c15-11-7-9(3-6-12(11)20)13(19)8-1-4-10(5-2-8)21-14(16,17)18/h1-7,13,20H,19H2/t13-/m1/s1. The molecule has 2 aromatic rings. The summed E-state index contributed by atoms with van der Waals surface area (Å²) in [5.74, 6) is -1.69. The fraction of sp³-hybridized carbons (Fsp3) is 0.143. The van der Waals surface area contributed by atoms with Gasteiger partial charge in [0, 0.05) is 0 Å². The number of rotatable bonds is 3. The number of phenols is 1. The molecule has 112 valence electrons. The van der Waals surface area contributed by atoms with Crippen molar-refractivity contribution in [1.82, 2.24) is 0 Å². The number of aromatic hydroxyl groups is 1. The molecule has 0 aliphatic carbocycles. The summed E-state index contributed by atoms with van der Waals surface area (Å²) in [7, 11) is 0. The summed E-state index contributed by atoms with van der Waals surface area (Å²) < 4.78 is 53.1. The van der Waals surface area contributed by atoms with Crippen molar-refractivity contribution in [2.24, 2.45) is 5.73 Å². The monoisotopic (exact) mass is 301 g/mol. The number of ether oxygens (including phenoxy) is 1. The van der Waals surface area contributed by atoms with Gasteiger partial charge in [0.15, 0.2) is 11.6 Å². The Balaban J connectivity index is 2.19. The van der Waals surface area contributed by atoms with E-state index in [4.69, 9.17) is 10.8 Å². The predicted molar refractivity (Wildman–Crippen MR) is 67.2 cm³/mol. The maximum absolute atomic E-state index is 13.3. The van der Waals surface area contributed by atoms with Crippen LogP contribution >= 0.6 is 0 Å². The fourth-order valence-electron chi connectivity index (χ4n) is 1.79. The van der Waals surface area contributed by atoms with E-state index in [1.54, 1.807) is 0 Å². The molecule has 3 nitrogen and oxygen atoms in total. The third-order valence-corrected chi connectivity index (χ3v) is 2.80. The minimum Gasteiger partial charge on any atom is -0.505 e. The zero-order valence-corrected chi connectivity index (χ0v) is 10.6. The fourth-order valence-corrected chi connectivity index (χ4v) is 1.79. The van der Waals surface area contributed by atoms with Crippen molar-refractivity contribution in [1.29, 1.82) is 0 Å². The van der Waals surface area contributed by atoms with E-state index in [9.17, 15) is 17.6 Å². The van der Waals surface area contributed by atoms with Crippen molar-refractivity contribution in [2.75, 3.05) is 0 Å². The van der Waals surface area contributed by atoms with Crippen LogP contribution in [0, 0.1) is 5.82 Å². The molecule has 2 aromatic carbocycles. The van der Waals surface area contributed by atoms with E-state index in [1.165, 1.54) is 18.2 Å². The molecule has 0 spiro atoms. The van der Waals surface area contributed by atoms with Gasteiger partial charge in [-0.15, -0.1) is 13.2 Å². The summed E-state index contributed by atoms with van der Waals surface area (Å²) in [6.45, 7) is 0. The molecule has 0 heterocycles. The van der Waals surface area contributed by atoms with Crippen molar-refractivity contribution in [3.05, 3.63) is 59.4 Å². The van der Waals surface area contributed by atoms with Crippen LogP contribution in [0.1, 0.15) is 17.2 Å². The Morgan fingerprint density at radius 2 is 1.57 bits per heavy atom. The lowest BCUT2D eigenvalue weighted by molar-refractivity contribution is -0.274. The minimum atomic E-state index is -4.76. The molecule has 0 amide bonds. The molecule has 21 heavy (non-hydrogen) atoms. The molecule has 2 rings (SSSR count). The molecule has 0 saturated carbocycles. The van der Waals surface area contributed by atoms with Crippen LogP contribution < -0.4 is 10.5 Å². The molecule has 0 unspecified atom stereocenters. The zero-order valence-electron chi connectivity index (χ0n) is 10.6. The van der Waals surface area contributed by atoms with Crippen LogP contribution in [0.2, 0.25) is 0 Å². The summed E-state index contributed by atoms with van der Waals surface area (Å²) in [6.07, 6.45) is -4.76. The molecule has 0 aliphatic heterocycles. The normalized spacial score (nSPS) is 13.0. The van der Waals surface area contributed by atoms with Crippen molar-refractivity contribution in [3.63, 3.8) is 0 Å². The second kappa shape index (κ2) is 5.61. The molecule has 7 heteroatoms. The first-order chi connectivity index (χ1) is 9.76. The van der Waals surface area contributed by atoms with Gasteiger partial charge in [-0.2, -0.15) is 0 Å². The van der Waals surface area contributed by atoms with Crippen LogP contribution in [0.15, 0.2) is 42.5 Å². The quantitative estimate of drug-likeness (QED) is 0.853. The Hall–Kier alpha value is -2.28. The van der Waals surface area contributed by atoms with Gasteiger partial charge in [-0.05, 0) is 35.4 Å². The number of hydrogen-bond donors (Lipinski definition) is 2.